The molecule has 1 N–H and O–H groups in total. The fourth-order valence-electron chi connectivity index (χ4n) is 3.79. The molecule has 1 aromatic heterocycles. The topological polar surface area (TPSA) is 58.6 Å². The Morgan fingerprint density at radius 2 is 2.27 bits per heavy atom. The van der Waals surface area contributed by atoms with Crippen LogP contribution >= 0.6 is 11.3 Å². The number of carbonyl (C=O) groups excluding carboxylic acids is 2. The molecule has 2 aliphatic heterocycles. The Morgan fingerprint density at radius 1 is 1.38 bits per heavy atom. The summed E-state index contributed by atoms with van der Waals surface area (Å²) in [4.78, 5) is 27.4. The lowest BCUT2D eigenvalue weighted by Crippen LogP contribution is -2.31. The van der Waals surface area contributed by atoms with Crippen molar-refractivity contribution in [1.29, 1.82) is 0 Å². The highest BCUT2D eigenvalue weighted by molar-refractivity contribution is 7.21. The summed E-state index contributed by atoms with van der Waals surface area (Å²) in [6.07, 6.45) is 5.46. The van der Waals surface area contributed by atoms with Crippen LogP contribution in [-0.2, 0) is 11.2 Å². The Kier molecular flexibility index (Phi) is 4.96. The molecule has 26 heavy (non-hydrogen) atoms. The van der Waals surface area contributed by atoms with Crippen LogP contribution in [0.5, 0.6) is 0 Å². The molecule has 0 bridgehead atoms. The van der Waals surface area contributed by atoms with Gasteiger partial charge in [-0.3, -0.25) is 9.59 Å². The first-order valence-corrected chi connectivity index (χ1v) is 10.2. The third-order valence-electron chi connectivity index (χ3n) is 5.31. The highest BCUT2D eigenvalue weighted by Crippen LogP contribution is 2.34. The molecule has 2 aromatic rings. The number of benzene rings is 1. The largest absolute Gasteiger partial charge is 0.378 e. The highest BCUT2D eigenvalue weighted by atomic mass is 32.1. The van der Waals surface area contributed by atoms with Gasteiger partial charge in [-0.25, -0.2) is 0 Å². The zero-order chi connectivity index (χ0) is 18.1. The molecule has 2 aliphatic rings. The van der Waals surface area contributed by atoms with Crippen molar-refractivity contribution >= 4 is 33.2 Å². The predicted molar refractivity (Wildman–Crippen MR) is 103 cm³/mol. The van der Waals surface area contributed by atoms with E-state index in [1.54, 1.807) is 4.90 Å². The van der Waals surface area contributed by atoms with Gasteiger partial charge in [-0.1, -0.05) is 0 Å². The second kappa shape index (κ2) is 7.37. The molecule has 0 saturated carbocycles. The first-order chi connectivity index (χ1) is 12.6. The molecule has 1 saturated heterocycles. The number of amides is 2. The van der Waals surface area contributed by atoms with Crippen LogP contribution in [0.3, 0.4) is 0 Å². The molecule has 0 spiro atoms. The number of fused-ring (bicyclic) bond motifs is 3. The van der Waals surface area contributed by atoms with Crippen LogP contribution in [0, 0.1) is 0 Å². The van der Waals surface area contributed by atoms with E-state index in [-0.39, 0.29) is 17.9 Å². The van der Waals surface area contributed by atoms with E-state index in [0.29, 0.717) is 18.7 Å². The summed E-state index contributed by atoms with van der Waals surface area (Å²) in [7, 11) is 1.85. The van der Waals surface area contributed by atoms with Crippen molar-refractivity contribution in [3.8, 4) is 0 Å². The summed E-state index contributed by atoms with van der Waals surface area (Å²) in [5.74, 6) is 0.0350. The molecule has 1 aromatic carbocycles. The van der Waals surface area contributed by atoms with Gasteiger partial charge in [-0.15, -0.1) is 11.3 Å². The quantitative estimate of drug-likeness (QED) is 0.896. The minimum atomic E-state index is 0.00456. The van der Waals surface area contributed by atoms with Crippen molar-refractivity contribution < 1.29 is 14.3 Å². The van der Waals surface area contributed by atoms with Crippen LogP contribution in [0.25, 0.3) is 10.1 Å². The van der Waals surface area contributed by atoms with Crippen LogP contribution in [0.2, 0.25) is 0 Å². The van der Waals surface area contributed by atoms with E-state index in [9.17, 15) is 9.59 Å². The summed E-state index contributed by atoms with van der Waals surface area (Å²) in [6, 6.07) is 5.80. The summed E-state index contributed by atoms with van der Waals surface area (Å²) in [6.45, 7) is 2.21. The van der Waals surface area contributed by atoms with E-state index in [0.717, 1.165) is 52.8 Å². The minimum absolute atomic E-state index is 0.00456. The number of hydrogen-bond acceptors (Lipinski definition) is 4. The van der Waals surface area contributed by atoms with E-state index in [4.69, 9.17) is 4.74 Å². The fourth-order valence-corrected chi connectivity index (χ4v) is 4.94. The molecule has 1 atom stereocenters. The SMILES string of the molecule is CN(CC[C@@H]1CCCCO1)C(=O)c1ccc2sc3c(c2c1)CCNC3=O. The van der Waals surface area contributed by atoms with Gasteiger partial charge in [-0.05, 0) is 61.3 Å². The van der Waals surface area contributed by atoms with Gasteiger partial charge < -0.3 is 15.0 Å². The second-order valence-electron chi connectivity index (χ2n) is 7.13. The van der Waals surface area contributed by atoms with Crippen molar-refractivity contribution in [3.05, 3.63) is 34.2 Å². The Balaban J connectivity index is 1.50. The van der Waals surface area contributed by atoms with E-state index < -0.39 is 0 Å². The molecular formula is C20H24N2O3S. The van der Waals surface area contributed by atoms with Crippen LogP contribution in [0.1, 0.15) is 51.3 Å². The zero-order valence-electron chi connectivity index (χ0n) is 15.0. The van der Waals surface area contributed by atoms with Gasteiger partial charge in [-0.2, -0.15) is 0 Å². The highest BCUT2D eigenvalue weighted by Gasteiger charge is 2.23. The maximum Gasteiger partial charge on any atom is 0.261 e. The molecular weight excluding hydrogens is 348 g/mol. The molecule has 138 valence electrons. The van der Waals surface area contributed by atoms with E-state index in [2.05, 4.69) is 5.32 Å². The summed E-state index contributed by atoms with van der Waals surface area (Å²) < 4.78 is 6.83. The van der Waals surface area contributed by atoms with Crippen LogP contribution in [-0.4, -0.2) is 49.6 Å². The average Bonchev–Trinajstić information content (AvgIpc) is 3.06. The van der Waals surface area contributed by atoms with Crippen molar-refractivity contribution in [2.75, 3.05) is 26.7 Å². The number of nitrogens with one attached hydrogen (secondary N) is 1. The molecule has 1 fully saturated rings. The number of hydrogen-bond donors (Lipinski definition) is 1. The van der Waals surface area contributed by atoms with Crippen molar-refractivity contribution in [3.63, 3.8) is 0 Å². The molecule has 5 nitrogen and oxygen atoms in total. The standard InChI is InChI=1S/C20H24N2O3S/c1-22(10-8-14-4-2-3-11-25-14)20(24)13-5-6-17-16(12-13)15-7-9-21-19(23)18(15)26-17/h5-6,12,14H,2-4,7-11H2,1H3,(H,21,23)/t14-/m0/s1. The molecule has 0 aliphatic carbocycles. The Hall–Kier alpha value is -1.92. The van der Waals surface area contributed by atoms with Crippen molar-refractivity contribution in [1.82, 2.24) is 10.2 Å². The summed E-state index contributed by atoms with van der Waals surface area (Å²) >= 11 is 1.51. The maximum absolute atomic E-state index is 12.8. The molecule has 4 rings (SSSR count). The number of carbonyl (C=O) groups is 2. The van der Waals surface area contributed by atoms with Gasteiger partial charge in [0.05, 0.1) is 11.0 Å². The summed E-state index contributed by atoms with van der Waals surface area (Å²) in [5, 5.41) is 3.94. The fraction of sp³-hybridized carbons (Fsp3) is 0.500. The molecule has 0 radical (unpaired) electrons. The van der Waals surface area contributed by atoms with Gasteiger partial charge in [0.2, 0.25) is 0 Å². The van der Waals surface area contributed by atoms with Gasteiger partial charge in [0.1, 0.15) is 0 Å². The monoisotopic (exact) mass is 372 g/mol. The lowest BCUT2D eigenvalue weighted by Gasteiger charge is -2.25. The Bertz CT molecular complexity index is 839. The number of thiophene rings is 1. The number of rotatable bonds is 4. The zero-order valence-corrected chi connectivity index (χ0v) is 15.9. The third kappa shape index (κ3) is 3.35. The summed E-state index contributed by atoms with van der Waals surface area (Å²) in [5.41, 5.74) is 1.78. The number of nitrogens with zero attached hydrogens (tertiary/aromatic N) is 1. The first kappa shape index (κ1) is 17.5. The normalized spacial score (nSPS) is 19.9. The maximum atomic E-state index is 12.8. The van der Waals surface area contributed by atoms with Crippen LogP contribution in [0.4, 0.5) is 0 Å². The molecule has 2 amide bonds. The Labute approximate surface area is 157 Å². The van der Waals surface area contributed by atoms with E-state index >= 15 is 0 Å². The van der Waals surface area contributed by atoms with Gasteiger partial charge in [0.15, 0.2) is 0 Å². The second-order valence-corrected chi connectivity index (χ2v) is 8.18. The third-order valence-corrected chi connectivity index (χ3v) is 6.52. The van der Waals surface area contributed by atoms with Gasteiger partial charge >= 0.3 is 0 Å². The smallest absolute Gasteiger partial charge is 0.261 e. The Morgan fingerprint density at radius 3 is 3.08 bits per heavy atom. The molecule has 6 heteroatoms. The van der Waals surface area contributed by atoms with E-state index in [1.807, 2.05) is 25.2 Å². The minimum Gasteiger partial charge on any atom is -0.378 e. The predicted octanol–water partition coefficient (Wildman–Crippen LogP) is 3.22. The lowest BCUT2D eigenvalue weighted by molar-refractivity contribution is 0.00709. The van der Waals surface area contributed by atoms with Gasteiger partial charge in [0, 0.05) is 37.0 Å². The van der Waals surface area contributed by atoms with Crippen molar-refractivity contribution in [2.24, 2.45) is 0 Å². The molecule has 0 unspecified atom stereocenters. The molecule has 3 heterocycles. The van der Waals surface area contributed by atoms with Crippen LogP contribution in [0.15, 0.2) is 18.2 Å². The average molecular weight is 372 g/mol. The van der Waals surface area contributed by atoms with Crippen molar-refractivity contribution in [2.45, 2.75) is 38.2 Å². The number of ether oxygens (including phenoxy) is 1. The lowest BCUT2D eigenvalue weighted by atomic mass is 10.0. The first-order valence-electron chi connectivity index (χ1n) is 9.34. The van der Waals surface area contributed by atoms with Crippen LogP contribution < -0.4 is 5.32 Å². The van der Waals surface area contributed by atoms with Gasteiger partial charge in [0.25, 0.3) is 11.8 Å². The van der Waals surface area contributed by atoms with E-state index in [1.165, 1.54) is 17.8 Å².